The van der Waals surface area contributed by atoms with Crippen LogP contribution < -0.4 is 10.6 Å². The van der Waals surface area contributed by atoms with Gasteiger partial charge in [0.05, 0.1) is 13.2 Å². The number of rotatable bonds is 12. The molecule has 0 bridgehead atoms. The molecule has 2 N–H and O–H groups in total. The van der Waals surface area contributed by atoms with Crippen LogP contribution >= 0.6 is 35.7 Å². The van der Waals surface area contributed by atoms with Crippen molar-refractivity contribution in [3.63, 3.8) is 0 Å². The summed E-state index contributed by atoms with van der Waals surface area (Å²) in [4.78, 5) is 4.23. The third-order valence-corrected chi connectivity index (χ3v) is 4.37. The highest BCUT2D eigenvalue weighted by atomic mass is 127. The van der Waals surface area contributed by atoms with Crippen LogP contribution in [0.3, 0.4) is 0 Å². The van der Waals surface area contributed by atoms with Crippen molar-refractivity contribution in [2.45, 2.75) is 19.1 Å². The maximum atomic E-state index is 5.42. The number of halogens is 1. The van der Waals surface area contributed by atoms with E-state index in [-0.39, 0.29) is 24.0 Å². The standard InChI is InChI=1S/C18H31N3O2S.HI/c1-16-5-7-17(8-6-16)15-24-14-10-21-18(19-2)20-9-4-11-23-13-12-22-3;/h5-8H,4,9-15H2,1-3H3,(H2,19,20,21);1H. The summed E-state index contributed by atoms with van der Waals surface area (Å²) >= 11 is 1.93. The van der Waals surface area contributed by atoms with Crippen LogP contribution in [-0.4, -0.2) is 58.8 Å². The first-order valence-corrected chi connectivity index (χ1v) is 9.56. The van der Waals surface area contributed by atoms with Crippen LogP contribution in [-0.2, 0) is 15.2 Å². The lowest BCUT2D eigenvalue weighted by molar-refractivity contribution is 0.0698. The number of guanidine groups is 1. The molecule has 144 valence electrons. The van der Waals surface area contributed by atoms with E-state index in [1.54, 1.807) is 14.2 Å². The summed E-state index contributed by atoms with van der Waals surface area (Å²) in [6, 6.07) is 8.73. The summed E-state index contributed by atoms with van der Waals surface area (Å²) in [5.74, 6) is 2.95. The molecule has 0 aliphatic heterocycles. The lowest BCUT2D eigenvalue weighted by atomic mass is 10.2. The number of hydrogen-bond donors (Lipinski definition) is 2. The first-order valence-electron chi connectivity index (χ1n) is 8.40. The van der Waals surface area contributed by atoms with Crippen molar-refractivity contribution in [3.8, 4) is 0 Å². The van der Waals surface area contributed by atoms with Gasteiger partial charge in [0.1, 0.15) is 0 Å². The number of nitrogens with one attached hydrogen (secondary N) is 2. The Morgan fingerprint density at radius 1 is 1.08 bits per heavy atom. The molecule has 0 radical (unpaired) electrons. The van der Waals surface area contributed by atoms with E-state index in [4.69, 9.17) is 9.47 Å². The Labute approximate surface area is 173 Å². The first kappa shape index (κ1) is 24.5. The SMILES string of the molecule is CN=C(NCCCOCCOC)NCCSCc1ccc(C)cc1.I. The molecule has 0 spiro atoms. The zero-order valence-electron chi connectivity index (χ0n) is 15.5. The van der Waals surface area contributed by atoms with Crippen LogP contribution in [0.5, 0.6) is 0 Å². The number of thioether (sulfide) groups is 1. The number of methoxy groups -OCH3 is 1. The van der Waals surface area contributed by atoms with E-state index in [0.29, 0.717) is 13.2 Å². The number of nitrogens with zero attached hydrogens (tertiary/aromatic N) is 1. The molecule has 0 atom stereocenters. The smallest absolute Gasteiger partial charge is 0.191 e. The minimum absolute atomic E-state index is 0. The van der Waals surface area contributed by atoms with Crippen LogP contribution in [0.4, 0.5) is 0 Å². The molecule has 7 heteroatoms. The minimum atomic E-state index is 0. The van der Waals surface area contributed by atoms with E-state index in [0.717, 1.165) is 43.6 Å². The Hall–Kier alpha value is -0.510. The molecule has 0 amide bonds. The molecule has 1 rings (SSSR count). The van der Waals surface area contributed by atoms with Crippen molar-refractivity contribution in [2.75, 3.05) is 52.8 Å². The van der Waals surface area contributed by atoms with Gasteiger partial charge in [-0.25, -0.2) is 0 Å². The Bertz CT molecular complexity index is 458. The van der Waals surface area contributed by atoms with E-state index in [1.807, 2.05) is 11.8 Å². The summed E-state index contributed by atoms with van der Waals surface area (Å²) < 4.78 is 10.4. The average Bonchev–Trinajstić information content (AvgIpc) is 2.60. The largest absolute Gasteiger partial charge is 0.382 e. The predicted molar refractivity (Wildman–Crippen MR) is 119 cm³/mol. The fourth-order valence-electron chi connectivity index (χ4n) is 1.96. The summed E-state index contributed by atoms with van der Waals surface area (Å²) in [6.45, 7) is 5.91. The maximum Gasteiger partial charge on any atom is 0.191 e. The monoisotopic (exact) mass is 481 g/mol. The molecule has 0 saturated carbocycles. The number of hydrogen-bond acceptors (Lipinski definition) is 4. The van der Waals surface area contributed by atoms with Gasteiger partial charge in [0, 0.05) is 45.4 Å². The van der Waals surface area contributed by atoms with Gasteiger partial charge in [-0.2, -0.15) is 11.8 Å². The Morgan fingerprint density at radius 2 is 1.80 bits per heavy atom. The topological polar surface area (TPSA) is 54.9 Å². The van der Waals surface area contributed by atoms with Crippen LogP contribution in [0, 0.1) is 6.92 Å². The lowest BCUT2D eigenvalue weighted by Gasteiger charge is -2.12. The fraction of sp³-hybridized carbons (Fsp3) is 0.611. The Morgan fingerprint density at radius 3 is 2.48 bits per heavy atom. The summed E-state index contributed by atoms with van der Waals surface area (Å²) in [5, 5.41) is 6.63. The second-order valence-electron chi connectivity index (χ2n) is 5.42. The van der Waals surface area contributed by atoms with Crippen LogP contribution in [0.15, 0.2) is 29.3 Å². The minimum Gasteiger partial charge on any atom is -0.382 e. The second-order valence-corrected chi connectivity index (χ2v) is 6.53. The van der Waals surface area contributed by atoms with Gasteiger partial charge in [0.25, 0.3) is 0 Å². The number of aliphatic imine (C=N–C) groups is 1. The van der Waals surface area contributed by atoms with E-state index in [1.165, 1.54) is 11.1 Å². The van der Waals surface area contributed by atoms with Gasteiger partial charge in [0.2, 0.25) is 0 Å². The Kier molecular flexibility index (Phi) is 16.6. The fourth-order valence-corrected chi connectivity index (χ4v) is 2.78. The van der Waals surface area contributed by atoms with Crippen molar-refractivity contribution in [1.82, 2.24) is 10.6 Å². The third kappa shape index (κ3) is 13.4. The van der Waals surface area contributed by atoms with Gasteiger partial charge < -0.3 is 20.1 Å². The van der Waals surface area contributed by atoms with Gasteiger partial charge in [-0.05, 0) is 18.9 Å². The number of aryl methyl sites for hydroxylation is 1. The van der Waals surface area contributed by atoms with Crippen molar-refractivity contribution < 1.29 is 9.47 Å². The van der Waals surface area contributed by atoms with Crippen LogP contribution in [0.25, 0.3) is 0 Å². The zero-order valence-corrected chi connectivity index (χ0v) is 18.7. The molecule has 0 aliphatic carbocycles. The van der Waals surface area contributed by atoms with Gasteiger partial charge in [0.15, 0.2) is 5.96 Å². The highest BCUT2D eigenvalue weighted by Gasteiger charge is 1.98. The van der Waals surface area contributed by atoms with E-state index >= 15 is 0 Å². The summed E-state index contributed by atoms with van der Waals surface area (Å²) in [6.07, 6.45) is 0.951. The maximum absolute atomic E-state index is 5.42. The van der Waals surface area contributed by atoms with E-state index < -0.39 is 0 Å². The van der Waals surface area contributed by atoms with Crippen molar-refractivity contribution in [3.05, 3.63) is 35.4 Å². The number of benzene rings is 1. The molecule has 0 fully saturated rings. The van der Waals surface area contributed by atoms with Crippen molar-refractivity contribution in [1.29, 1.82) is 0 Å². The summed E-state index contributed by atoms with van der Waals surface area (Å²) in [7, 11) is 3.48. The highest BCUT2D eigenvalue weighted by molar-refractivity contribution is 14.0. The number of ether oxygens (including phenoxy) is 2. The average molecular weight is 481 g/mol. The first-order chi connectivity index (χ1) is 11.8. The molecule has 5 nitrogen and oxygen atoms in total. The molecule has 0 unspecified atom stereocenters. The normalized spacial score (nSPS) is 11.1. The van der Waals surface area contributed by atoms with Crippen molar-refractivity contribution >= 4 is 41.7 Å². The second kappa shape index (κ2) is 16.9. The van der Waals surface area contributed by atoms with Gasteiger partial charge >= 0.3 is 0 Å². The van der Waals surface area contributed by atoms with Gasteiger partial charge in [-0.15, -0.1) is 24.0 Å². The van der Waals surface area contributed by atoms with Crippen molar-refractivity contribution in [2.24, 2.45) is 4.99 Å². The molecule has 0 aliphatic rings. The quantitative estimate of drug-likeness (QED) is 0.208. The molecular formula is C18H32IN3O2S. The molecular weight excluding hydrogens is 449 g/mol. The van der Waals surface area contributed by atoms with Gasteiger partial charge in [-0.3, -0.25) is 4.99 Å². The lowest BCUT2D eigenvalue weighted by Crippen LogP contribution is -2.39. The van der Waals surface area contributed by atoms with E-state index in [9.17, 15) is 0 Å². The molecule has 0 heterocycles. The predicted octanol–water partition coefficient (Wildman–Crippen LogP) is 3.06. The molecule has 0 aromatic heterocycles. The van der Waals surface area contributed by atoms with Gasteiger partial charge in [-0.1, -0.05) is 29.8 Å². The van der Waals surface area contributed by atoms with E-state index in [2.05, 4.69) is 46.8 Å². The van der Waals surface area contributed by atoms with Crippen LogP contribution in [0.1, 0.15) is 17.5 Å². The highest BCUT2D eigenvalue weighted by Crippen LogP contribution is 2.12. The zero-order chi connectivity index (χ0) is 17.5. The molecule has 1 aromatic carbocycles. The molecule has 1 aromatic rings. The van der Waals surface area contributed by atoms with Crippen LogP contribution in [0.2, 0.25) is 0 Å². The molecule has 25 heavy (non-hydrogen) atoms. The Balaban J connectivity index is 0.00000576. The molecule has 0 saturated heterocycles. The summed E-state index contributed by atoms with van der Waals surface area (Å²) in [5.41, 5.74) is 2.69. The third-order valence-electron chi connectivity index (χ3n) is 3.34.